The van der Waals surface area contributed by atoms with Crippen LogP contribution in [-0.4, -0.2) is 17.3 Å². The molecule has 76 valence electrons. The van der Waals surface area contributed by atoms with Gasteiger partial charge in [0, 0.05) is 3.57 Å². The van der Waals surface area contributed by atoms with Crippen molar-refractivity contribution >= 4 is 22.6 Å². The molecule has 14 heavy (non-hydrogen) atoms. The van der Waals surface area contributed by atoms with Crippen molar-refractivity contribution in [3.8, 4) is 5.75 Å². The van der Waals surface area contributed by atoms with Crippen LogP contribution in [0, 0.1) is 3.57 Å². The van der Waals surface area contributed by atoms with Crippen molar-refractivity contribution in [2.45, 2.75) is 31.5 Å². The molecule has 2 atom stereocenters. The summed E-state index contributed by atoms with van der Waals surface area (Å²) in [5.41, 5.74) is 0. The molecule has 1 aromatic rings. The van der Waals surface area contributed by atoms with Crippen LogP contribution in [0.15, 0.2) is 24.3 Å². The fourth-order valence-electron chi connectivity index (χ4n) is 1.76. The lowest BCUT2D eigenvalue weighted by Crippen LogP contribution is -2.25. The summed E-state index contributed by atoms with van der Waals surface area (Å²) < 4.78 is 6.87. The van der Waals surface area contributed by atoms with Crippen LogP contribution in [0.4, 0.5) is 0 Å². The second-order valence-electron chi connectivity index (χ2n) is 3.61. The molecule has 0 bridgehead atoms. The SMILES string of the molecule is OC1CCCC1Oc1cccc(I)c1. The van der Waals surface area contributed by atoms with Crippen molar-refractivity contribution in [2.75, 3.05) is 0 Å². The van der Waals surface area contributed by atoms with E-state index in [2.05, 4.69) is 22.6 Å². The molecule has 0 spiro atoms. The number of ether oxygens (including phenoxy) is 1. The summed E-state index contributed by atoms with van der Waals surface area (Å²) in [6.07, 6.45) is 2.61. The average molecular weight is 304 g/mol. The first-order chi connectivity index (χ1) is 6.75. The van der Waals surface area contributed by atoms with Crippen LogP contribution in [-0.2, 0) is 0 Å². The van der Waals surface area contributed by atoms with Crippen LogP contribution >= 0.6 is 22.6 Å². The van der Waals surface area contributed by atoms with Gasteiger partial charge in [-0.1, -0.05) is 6.07 Å². The normalized spacial score (nSPS) is 26.4. The maximum atomic E-state index is 9.59. The predicted octanol–water partition coefficient (Wildman–Crippen LogP) is 2.58. The van der Waals surface area contributed by atoms with E-state index in [-0.39, 0.29) is 12.2 Å². The molecule has 1 aromatic carbocycles. The first-order valence-corrected chi connectivity index (χ1v) is 5.94. The first-order valence-electron chi connectivity index (χ1n) is 4.86. The maximum absolute atomic E-state index is 9.59. The quantitative estimate of drug-likeness (QED) is 0.851. The molecule has 2 nitrogen and oxygen atoms in total. The van der Waals surface area contributed by atoms with Gasteiger partial charge >= 0.3 is 0 Å². The van der Waals surface area contributed by atoms with Crippen molar-refractivity contribution in [3.63, 3.8) is 0 Å². The highest BCUT2D eigenvalue weighted by Crippen LogP contribution is 2.25. The van der Waals surface area contributed by atoms with Gasteiger partial charge < -0.3 is 9.84 Å². The van der Waals surface area contributed by atoms with Crippen LogP contribution in [0.25, 0.3) is 0 Å². The Bertz CT molecular complexity index is 314. The fraction of sp³-hybridized carbons (Fsp3) is 0.455. The van der Waals surface area contributed by atoms with E-state index in [1.54, 1.807) is 0 Å². The zero-order valence-corrected chi connectivity index (χ0v) is 9.98. The van der Waals surface area contributed by atoms with Gasteiger partial charge in [0.15, 0.2) is 0 Å². The van der Waals surface area contributed by atoms with Gasteiger partial charge in [-0.15, -0.1) is 0 Å². The van der Waals surface area contributed by atoms with Crippen molar-refractivity contribution in [3.05, 3.63) is 27.8 Å². The molecular formula is C11H13IO2. The van der Waals surface area contributed by atoms with E-state index in [0.29, 0.717) is 0 Å². The van der Waals surface area contributed by atoms with Crippen molar-refractivity contribution < 1.29 is 9.84 Å². The second-order valence-corrected chi connectivity index (χ2v) is 4.86. The smallest absolute Gasteiger partial charge is 0.124 e. The van der Waals surface area contributed by atoms with Crippen LogP contribution < -0.4 is 4.74 Å². The summed E-state index contributed by atoms with van der Waals surface area (Å²) in [6.45, 7) is 0. The number of aliphatic hydroxyl groups excluding tert-OH is 1. The Balaban J connectivity index is 2.03. The van der Waals surface area contributed by atoms with Gasteiger partial charge in [-0.25, -0.2) is 0 Å². The van der Waals surface area contributed by atoms with Crippen molar-refractivity contribution in [1.29, 1.82) is 0 Å². The Labute approximate surface area is 97.4 Å². The molecule has 1 fully saturated rings. The number of benzene rings is 1. The summed E-state index contributed by atoms with van der Waals surface area (Å²) >= 11 is 2.25. The Hall–Kier alpha value is -0.290. The van der Waals surface area contributed by atoms with Crippen molar-refractivity contribution in [1.82, 2.24) is 0 Å². The molecular weight excluding hydrogens is 291 g/mol. The highest BCUT2D eigenvalue weighted by Gasteiger charge is 2.26. The molecule has 0 saturated heterocycles. The minimum Gasteiger partial charge on any atom is -0.488 e. The third kappa shape index (κ3) is 2.39. The van der Waals surface area contributed by atoms with Gasteiger partial charge in [0.2, 0.25) is 0 Å². The highest BCUT2D eigenvalue weighted by atomic mass is 127. The lowest BCUT2D eigenvalue weighted by molar-refractivity contribution is 0.0603. The van der Waals surface area contributed by atoms with Crippen LogP contribution in [0.3, 0.4) is 0 Å². The Morgan fingerprint density at radius 1 is 1.36 bits per heavy atom. The Morgan fingerprint density at radius 3 is 2.86 bits per heavy atom. The van der Waals surface area contributed by atoms with E-state index in [9.17, 15) is 5.11 Å². The maximum Gasteiger partial charge on any atom is 0.124 e. The summed E-state index contributed by atoms with van der Waals surface area (Å²) in [7, 11) is 0. The van der Waals surface area contributed by atoms with Crippen molar-refractivity contribution in [2.24, 2.45) is 0 Å². The van der Waals surface area contributed by atoms with E-state index < -0.39 is 0 Å². The zero-order valence-electron chi connectivity index (χ0n) is 7.82. The van der Waals surface area contributed by atoms with Gasteiger partial charge in [0.25, 0.3) is 0 Å². The molecule has 0 aromatic heterocycles. The molecule has 1 saturated carbocycles. The van der Waals surface area contributed by atoms with E-state index in [1.165, 1.54) is 0 Å². The van der Waals surface area contributed by atoms with E-state index in [0.717, 1.165) is 28.6 Å². The number of hydrogen-bond donors (Lipinski definition) is 1. The highest BCUT2D eigenvalue weighted by molar-refractivity contribution is 14.1. The van der Waals surface area contributed by atoms with Crippen LogP contribution in [0.2, 0.25) is 0 Å². The minimum absolute atomic E-state index is 0.00630. The second kappa shape index (κ2) is 4.49. The molecule has 1 N–H and O–H groups in total. The summed E-state index contributed by atoms with van der Waals surface area (Å²) in [6, 6.07) is 7.93. The summed E-state index contributed by atoms with van der Waals surface area (Å²) in [4.78, 5) is 0. The number of aliphatic hydroxyl groups is 1. The van der Waals surface area contributed by atoms with Gasteiger partial charge in [-0.3, -0.25) is 0 Å². The lowest BCUT2D eigenvalue weighted by Gasteiger charge is -2.16. The van der Waals surface area contributed by atoms with E-state index >= 15 is 0 Å². The van der Waals surface area contributed by atoms with Crippen LogP contribution in [0.5, 0.6) is 5.75 Å². The molecule has 0 amide bonds. The third-order valence-electron chi connectivity index (χ3n) is 2.50. The number of hydrogen-bond acceptors (Lipinski definition) is 2. The topological polar surface area (TPSA) is 29.5 Å². The van der Waals surface area contributed by atoms with E-state index in [1.807, 2.05) is 24.3 Å². The minimum atomic E-state index is -0.284. The molecule has 0 heterocycles. The standard InChI is InChI=1S/C11H13IO2/c12-8-3-1-4-9(7-8)14-11-6-2-5-10(11)13/h1,3-4,7,10-11,13H,2,5-6H2. The van der Waals surface area contributed by atoms with E-state index in [4.69, 9.17) is 4.74 Å². The van der Waals surface area contributed by atoms with Gasteiger partial charge in [-0.05, 0) is 60.1 Å². The Kier molecular flexibility index (Phi) is 3.28. The molecule has 3 heteroatoms. The fourth-order valence-corrected chi connectivity index (χ4v) is 2.27. The van der Waals surface area contributed by atoms with Crippen LogP contribution in [0.1, 0.15) is 19.3 Å². The molecule has 1 aliphatic carbocycles. The summed E-state index contributed by atoms with van der Waals surface area (Å²) in [5, 5.41) is 9.59. The molecule has 0 radical (unpaired) electrons. The monoisotopic (exact) mass is 304 g/mol. The molecule has 2 rings (SSSR count). The Morgan fingerprint density at radius 2 is 2.21 bits per heavy atom. The lowest BCUT2D eigenvalue weighted by atomic mass is 10.2. The average Bonchev–Trinajstić information content (AvgIpc) is 2.52. The number of halogens is 1. The third-order valence-corrected chi connectivity index (χ3v) is 3.17. The predicted molar refractivity (Wildman–Crippen MR) is 63.4 cm³/mol. The summed E-state index contributed by atoms with van der Waals surface area (Å²) in [5.74, 6) is 0.864. The molecule has 0 aliphatic heterocycles. The molecule has 2 unspecified atom stereocenters. The van der Waals surface area contributed by atoms with Gasteiger partial charge in [0.05, 0.1) is 6.10 Å². The van der Waals surface area contributed by atoms with Gasteiger partial charge in [-0.2, -0.15) is 0 Å². The molecule has 1 aliphatic rings. The first kappa shape index (κ1) is 10.2. The zero-order chi connectivity index (χ0) is 9.97. The number of rotatable bonds is 2. The van der Waals surface area contributed by atoms with Gasteiger partial charge in [0.1, 0.15) is 11.9 Å². The largest absolute Gasteiger partial charge is 0.488 e.